The number of rotatable bonds is 6. The van der Waals surface area contributed by atoms with Crippen LogP contribution in [0.25, 0.3) is 0 Å². The summed E-state index contributed by atoms with van der Waals surface area (Å²) in [6.45, 7) is 4.08. The van der Waals surface area contributed by atoms with E-state index in [9.17, 15) is 9.90 Å². The van der Waals surface area contributed by atoms with E-state index in [1.165, 1.54) is 5.56 Å². The van der Waals surface area contributed by atoms with Gasteiger partial charge in [0.15, 0.2) is 0 Å². The van der Waals surface area contributed by atoms with Crippen molar-refractivity contribution in [2.24, 2.45) is 5.92 Å². The third kappa shape index (κ3) is 4.67. The molecule has 1 saturated carbocycles. The number of carbonyl (C=O) groups excluding carboxylic acids is 1. The molecule has 1 heterocycles. The number of hydrogen-bond donors (Lipinski definition) is 2. The van der Waals surface area contributed by atoms with E-state index in [-0.39, 0.29) is 18.1 Å². The number of hydrogen-bond acceptors (Lipinski definition) is 3. The number of aliphatic hydroxyl groups excluding tert-OH is 1. The largest absolute Gasteiger partial charge is 0.393 e. The summed E-state index contributed by atoms with van der Waals surface area (Å²) in [6, 6.07) is 10.2. The fourth-order valence-electron chi connectivity index (χ4n) is 3.49. The monoisotopic (exact) mass is 338 g/mol. The van der Waals surface area contributed by atoms with Gasteiger partial charge in [-0.2, -0.15) is 0 Å². The molecule has 4 nitrogen and oxygen atoms in total. The van der Waals surface area contributed by atoms with Gasteiger partial charge in [-0.25, -0.2) is 0 Å². The lowest BCUT2D eigenvalue weighted by Gasteiger charge is -2.38. The van der Waals surface area contributed by atoms with Gasteiger partial charge in [0.1, 0.15) is 0 Å². The Labute approximate surface area is 149 Å². The second-order valence-corrected chi connectivity index (χ2v) is 7.23. The number of pyridine rings is 1. The third-order valence-corrected chi connectivity index (χ3v) is 5.13. The van der Waals surface area contributed by atoms with E-state index in [2.05, 4.69) is 28.5 Å². The van der Waals surface area contributed by atoms with Gasteiger partial charge in [0.05, 0.1) is 12.5 Å². The van der Waals surface area contributed by atoms with Crippen LogP contribution in [-0.2, 0) is 17.6 Å². The molecule has 1 amide bonds. The fraction of sp³-hybridized carbons (Fsp3) is 0.429. The molecule has 4 heteroatoms. The van der Waals surface area contributed by atoms with Gasteiger partial charge in [-0.15, -0.1) is 0 Å². The van der Waals surface area contributed by atoms with E-state index in [1.807, 2.05) is 26.0 Å². The van der Waals surface area contributed by atoms with Gasteiger partial charge in [-0.1, -0.05) is 23.8 Å². The molecule has 2 aromatic rings. The van der Waals surface area contributed by atoms with Crippen molar-refractivity contribution >= 4 is 5.91 Å². The molecule has 0 bridgehead atoms. The van der Waals surface area contributed by atoms with Gasteiger partial charge >= 0.3 is 0 Å². The lowest BCUT2D eigenvalue weighted by molar-refractivity contribution is -0.122. The molecule has 1 atom stereocenters. The van der Waals surface area contributed by atoms with Gasteiger partial charge in [0.2, 0.25) is 5.91 Å². The first-order chi connectivity index (χ1) is 12.0. The first-order valence-corrected chi connectivity index (χ1v) is 8.93. The maximum absolute atomic E-state index is 12.6. The average molecular weight is 338 g/mol. The van der Waals surface area contributed by atoms with E-state index >= 15 is 0 Å². The second kappa shape index (κ2) is 7.79. The Bertz CT molecular complexity index is 724. The molecular weight excluding hydrogens is 312 g/mol. The summed E-state index contributed by atoms with van der Waals surface area (Å²) >= 11 is 0. The second-order valence-electron chi connectivity index (χ2n) is 7.23. The van der Waals surface area contributed by atoms with E-state index in [1.54, 1.807) is 12.4 Å². The van der Waals surface area contributed by atoms with Crippen molar-refractivity contribution in [1.82, 2.24) is 10.3 Å². The lowest BCUT2D eigenvalue weighted by Crippen LogP contribution is -2.48. The first kappa shape index (κ1) is 17.6. The van der Waals surface area contributed by atoms with E-state index in [4.69, 9.17) is 0 Å². The minimum Gasteiger partial charge on any atom is -0.393 e. The van der Waals surface area contributed by atoms with Crippen LogP contribution < -0.4 is 5.32 Å². The zero-order chi connectivity index (χ0) is 17.8. The minimum absolute atomic E-state index is 0.0501. The van der Waals surface area contributed by atoms with Gasteiger partial charge < -0.3 is 10.4 Å². The molecule has 132 valence electrons. The van der Waals surface area contributed by atoms with Crippen LogP contribution in [0, 0.1) is 19.8 Å². The molecule has 1 unspecified atom stereocenters. The van der Waals surface area contributed by atoms with Crippen molar-refractivity contribution in [2.45, 2.75) is 51.7 Å². The smallest absolute Gasteiger partial charge is 0.224 e. The molecular formula is C21H26N2O2. The summed E-state index contributed by atoms with van der Waals surface area (Å²) in [5, 5.41) is 12.9. The lowest BCUT2D eigenvalue weighted by atomic mass is 9.75. The standard InChI is InChI=1S/C21H26N2O2/c1-14-3-4-15(2)17(9-14)13-21(25)23-20(18-11-19(24)12-18)10-16-5-7-22-8-6-16/h3-9,18-20,24H,10-13H2,1-2H3,(H,23,25). The highest BCUT2D eigenvalue weighted by atomic mass is 16.3. The summed E-state index contributed by atoms with van der Waals surface area (Å²) in [6.07, 6.45) is 6.04. The maximum Gasteiger partial charge on any atom is 0.224 e. The number of nitrogens with one attached hydrogen (secondary N) is 1. The maximum atomic E-state index is 12.6. The van der Waals surface area contributed by atoms with Crippen LogP contribution in [-0.4, -0.2) is 28.1 Å². The van der Waals surface area contributed by atoms with Crippen molar-refractivity contribution in [3.63, 3.8) is 0 Å². The van der Waals surface area contributed by atoms with E-state index in [0.717, 1.165) is 36.0 Å². The molecule has 3 rings (SSSR count). The van der Waals surface area contributed by atoms with Crippen LogP contribution in [0.3, 0.4) is 0 Å². The Balaban J connectivity index is 1.66. The van der Waals surface area contributed by atoms with Crippen LogP contribution in [0.15, 0.2) is 42.7 Å². The number of carbonyl (C=O) groups is 1. The number of aromatic nitrogens is 1. The SMILES string of the molecule is Cc1ccc(C)c(CC(=O)NC(Cc2ccncc2)C2CC(O)C2)c1. The van der Waals surface area contributed by atoms with Gasteiger partial charge in [-0.05, 0) is 67.9 Å². The highest BCUT2D eigenvalue weighted by molar-refractivity contribution is 5.79. The Morgan fingerprint density at radius 1 is 1.24 bits per heavy atom. The summed E-state index contributed by atoms with van der Waals surface area (Å²) in [4.78, 5) is 16.7. The Morgan fingerprint density at radius 3 is 2.64 bits per heavy atom. The van der Waals surface area contributed by atoms with Gasteiger partial charge in [0, 0.05) is 18.4 Å². The predicted molar refractivity (Wildman–Crippen MR) is 98.2 cm³/mol. The number of amides is 1. The fourth-order valence-corrected chi connectivity index (χ4v) is 3.49. The van der Waals surface area contributed by atoms with Crippen LogP contribution in [0.1, 0.15) is 35.1 Å². The van der Waals surface area contributed by atoms with Crippen molar-refractivity contribution in [3.8, 4) is 0 Å². The molecule has 1 aliphatic rings. The summed E-state index contributed by atoms with van der Waals surface area (Å²) in [5.74, 6) is 0.389. The molecule has 1 aromatic heterocycles. The molecule has 25 heavy (non-hydrogen) atoms. The molecule has 0 saturated heterocycles. The van der Waals surface area contributed by atoms with Crippen LogP contribution in [0.5, 0.6) is 0 Å². The van der Waals surface area contributed by atoms with Crippen molar-refractivity contribution in [3.05, 3.63) is 65.0 Å². The summed E-state index contributed by atoms with van der Waals surface area (Å²) < 4.78 is 0. The number of benzene rings is 1. The van der Waals surface area contributed by atoms with Crippen molar-refractivity contribution in [1.29, 1.82) is 0 Å². The van der Waals surface area contributed by atoms with Crippen LogP contribution >= 0.6 is 0 Å². The Kier molecular flexibility index (Phi) is 5.49. The van der Waals surface area contributed by atoms with Gasteiger partial charge in [0.25, 0.3) is 0 Å². The minimum atomic E-state index is -0.221. The predicted octanol–water partition coefficient (Wildman–Crippen LogP) is 2.74. The molecule has 1 aromatic carbocycles. The third-order valence-electron chi connectivity index (χ3n) is 5.13. The zero-order valence-corrected chi connectivity index (χ0v) is 14.9. The number of nitrogens with zero attached hydrogens (tertiary/aromatic N) is 1. The average Bonchev–Trinajstić information content (AvgIpc) is 2.56. The molecule has 2 N–H and O–H groups in total. The van der Waals surface area contributed by atoms with Crippen LogP contribution in [0.2, 0.25) is 0 Å². The molecule has 0 aliphatic heterocycles. The van der Waals surface area contributed by atoms with E-state index in [0.29, 0.717) is 12.3 Å². The molecule has 1 fully saturated rings. The molecule has 0 spiro atoms. The Morgan fingerprint density at radius 2 is 1.96 bits per heavy atom. The van der Waals surface area contributed by atoms with Gasteiger partial charge in [-0.3, -0.25) is 9.78 Å². The highest BCUT2D eigenvalue weighted by Gasteiger charge is 2.34. The zero-order valence-electron chi connectivity index (χ0n) is 14.9. The number of aryl methyl sites for hydroxylation is 2. The Hall–Kier alpha value is -2.20. The van der Waals surface area contributed by atoms with Crippen LogP contribution in [0.4, 0.5) is 0 Å². The summed E-state index contributed by atoms with van der Waals surface area (Å²) in [5.41, 5.74) is 4.55. The van der Waals surface area contributed by atoms with Crippen molar-refractivity contribution in [2.75, 3.05) is 0 Å². The number of aliphatic hydroxyl groups is 1. The van der Waals surface area contributed by atoms with E-state index < -0.39 is 0 Å². The highest BCUT2D eigenvalue weighted by Crippen LogP contribution is 2.31. The summed E-state index contributed by atoms with van der Waals surface area (Å²) in [7, 11) is 0. The van der Waals surface area contributed by atoms with Crippen molar-refractivity contribution < 1.29 is 9.90 Å². The topological polar surface area (TPSA) is 62.2 Å². The molecule has 0 radical (unpaired) electrons. The quantitative estimate of drug-likeness (QED) is 0.851. The first-order valence-electron chi connectivity index (χ1n) is 8.93. The normalized spacial score (nSPS) is 20.6. The molecule has 1 aliphatic carbocycles.